The van der Waals surface area contributed by atoms with E-state index in [-0.39, 0.29) is 18.1 Å². The Morgan fingerprint density at radius 3 is 2.44 bits per heavy atom. The van der Waals surface area contributed by atoms with Crippen molar-refractivity contribution in [3.05, 3.63) is 77.9 Å². The van der Waals surface area contributed by atoms with E-state index in [1.54, 1.807) is 6.08 Å². The van der Waals surface area contributed by atoms with E-state index in [1.165, 1.54) is 5.56 Å². The number of ether oxygens (including phenoxy) is 2. The first-order valence-corrected chi connectivity index (χ1v) is 9.23. The summed E-state index contributed by atoms with van der Waals surface area (Å²) >= 11 is 0. The van der Waals surface area contributed by atoms with Crippen LogP contribution in [-0.2, 0) is 10.2 Å². The van der Waals surface area contributed by atoms with Gasteiger partial charge in [-0.2, -0.15) is 0 Å². The fourth-order valence-electron chi connectivity index (χ4n) is 2.91. The Labute approximate surface area is 161 Å². The molecule has 2 aromatic carbocycles. The third kappa shape index (κ3) is 5.23. The Bertz CT molecular complexity index is 820. The van der Waals surface area contributed by atoms with Crippen LogP contribution in [0.5, 0.6) is 5.75 Å². The first-order chi connectivity index (χ1) is 12.9. The van der Waals surface area contributed by atoms with E-state index in [2.05, 4.69) is 44.7 Å². The molecule has 1 fully saturated rings. The fourth-order valence-corrected chi connectivity index (χ4v) is 2.91. The predicted molar refractivity (Wildman–Crippen MR) is 108 cm³/mol. The summed E-state index contributed by atoms with van der Waals surface area (Å²) in [7, 11) is 0. The number of aliphatic hydroxyl groups excluding tert-OH is 1. The molecule has 0 bridgehead atoms. The normalized spacial score (nSPS) is 22.4. The van der Waals surface area contributed by atoms with Crippen molar-refractivity contribution < 1.29 is 14.6 Å². The Morgan fingerprint density at radius 1 is 1.07 bits per heavy atom. The average molecular weight is 362 g/mol. The van der Waals surface area contributed by atoms with Crippen LogP contribution in [0.3, 0.4) is 0 Å². The smallest absolute Gasteiger partial charge is 0.156 e. The van der Waals surface area contributed by atoms with Crippen LogP contribution in [0, 0.1) is 11.8 Å². The minimum absolute atomic E-state index is 0.0945. The second kappa shape index (κ2) is 8.43. The summed E-state index contributed by atoms with van der Waals surface area (Å²) < 4.78 is 11.7. The highest BCUT2D eigenvalue weighted by atomic mass is 16.6. The summed E-state index contributed by atoms with van der Waals surface area (Å²) in [5, 5.41) is 10.2. The van der Waals surface area contributed by atoms with Crippen molar-refractivity contribution in [2.75, 3.05) is 6.61 Å². The van der Waals surface area contributed by atoms with Gasteiger partial charge in [-0.3, -0.25) is 0 Å². The number of hydrogen-bond acceptors (Lipinski definition) is 3. The molecule has 1 heterocycles. The zero-order valence-corrected chi connectivity index (χ0v) is 16.1. The van der Waals surface area contributed by atoms with Gasteiger partial charge in [-0.25, -0.2) is 0 Å². The van der Waals surface area contributed by atoms with Crippen LogP contribution in [0.4, 0.5) is 0 Å². The molecule has 3 rings (SSSR count). The maximum atomic E-state index is 10.2. The highest BCUT2D eigenvalue weighted by Crippen LogP contribution is 2.27. The number of benzene rings is 2. The molecule has 1 aliphatic rings. The first-order valence-electron chi connectivity index (χ1n) is 9.23. The molecular formula is C24H26O3. The minimum atomic E-state index is -0.663. The van der Waals surface area contributed by atoms with Gasteiger partial charge in [0.15, 0.2) is 6.10 Å². The van der Waals surface area contributed by atoms with Crippen LogP contribution in [0.2, 0.25) is 0 Å². The van der Waals surface area contributed by atoms with E-state index in [4.69, 9.17) is 9.47 Å². The Morgan fingerprint density at radius 2 is 1.78 bits per heavy atom. The van der Waals surface area contributed by atoms with Gasteiger partial charge in [0, 0.05) is 5.56 Å². The summed E-state index contributed by atoms with van der Waals surface area (Å²) in [6.07, 6.45) is 2.17. The molecule has 3 nitrogen and oxygen atoms in total. The second-order valence-electron chi connectivity index (χ2n) is 7.72. The lowest BCUT2D eigenvalue weighted by atomic mass is 9.87. The predicted octanol–water partition coefficient (Wildman–Crippen LogP) is 4.10. The Hall–Kier alpha value is -2.54. The van der Waals surface area contributed by atoms with Crippen molar-refractivity contribution in [3.8, 4) is 17.6 Å². The van der Waals surface area contributed by atoms with Gasteiger partial charge in [-0.15, -0.1) is 0 Å². The molecule has 1 aliphatic heterocycles. The lowest BCUT2D eigenvalue weighted by Crippen LogP contribution is -2.35. The van der Waals surface area contributed by atoms with Crippen molar-refractivity contribution in [2.24, 2.45) is 0 Å². The van der Waals surface area contributed by atoms with Crippen molar-refractivity contribution >= 4 is 0 Å². The molecule has 1 saturated heterocycles. The van der Waals surface area contributed by atoms with Gasteiger partial charge in [-0.1, -0.05) is 62.9 Å². The zero-order valence-electron chi connectivity index (χ0n) is 16.1. The molecular weight excluding hydrogens is 336 g/mol. The molecule has 0 spiro atoms. The van der Waals surface area contributed by atoms with Crippen molar-refractivity contribution in [1.29, 1.82) is 0 Å². The molecule has 0 aliphatic carbocycles. The largest absolute Gasteiger partial charge is 0.485 e. The van der Waals surface area contributed by atoms with E-state index in [9.17, 15) is 5.11 Å². The highest BCUT2D eigenvalue weighted by molar-refractivity contribution is 5.37. The van der Waals surface area contributed by atoms with Crippen LogP contribution in [0.15, 0.2) is 66.7 Å². The van der Waals surface area contributed by atoms with Crippen molar-refractivity contribution in [3.63, 3.8) is 0 Å². The van der Waals surface area contributed by atoms with E-state index < -0.39 is 12.2 Å². The maximum absolute atomic E-state index is 10.2. The summed E-state index contributed by atoms with van der Waals surface area (Å²) in [5.74, 6) is 6.80. The molecule has 3 heteroatoms. The molecule has 27 heavy (non-hydrogen) atoms. The van der Waals surface area contributed by atoms with Gasteiger partial charge >= 0.3 is 0 Å². The topological polar surface area (TPSA) is 38.7 Å². The summed E-state index contributed by atoms with van der Waals surface area (Å²) in [6.45, 7) is 6.78. The zero-order chi connectivity index (χ0) is 19.3. The highest BCUT2D eigenvalue weighted by Gasteiger charge is 2.36. The molecule has 0 saturated carbocycles. The van der Waals surface area contributed by atoms with Gasteiger partial charge in [-0.05, 0) is 47.4 Å². The SMILES string of the molecule is CC(C)(C)c1ccc(O[C@@H]2[C@H](O)CO[C@@H]2/C=C/C#Cc2ccccc2)cc1. The van der Waals surface area contributed by atoms with Crippen molar-refractivity contribution in [2.45, 2.75) is 44.5 Å². The van der Waals surface area contributed by atoms with Crippen LogP contribution < -0.4 is 4.74 Å². The number of allylic oxidation sites excluding steroid dienone is 1. The number of hydrogen-bond donors (Lipinski definition) is 1. The monoisotopic (exact) mass is 362 g/mol. The number of aliphatic hydroxyl groups is 1. The summed E-state index contributed by atoms with van der Waals surface area (Å²) in [4.78, 5) is 0. The van der Waals surface area contributed by atoms with Crippen LogP contribution in [-0.4, -0.2) is 30.0 Å². The molecule has 0 aromatic heterocycles. The van der Waals surface area contributed by atoms with Crippen LogP contribution >= 0.6 is 0 Å². The molecule has 2 aromatic rings. The maximum Gasteiger partial charge on any atom is 0.156 e. The van der Waals surface area contributed by atoms with E-state index in [0.717, 1.165) is 11.3 Å². The third-order valence-corrected chi connectivity index (χ3v) is 4.51. The fraction of sp³-hybridized carbons (Fsp3) is 0.333. The Balaban J connectivity index is 1.65. The third-order valence-electron chi connectivity index (χ3n) is 4.51. The summed E-state index contributed by atoms with van der Waals surface area (Å²) in [5.41, 5.74) is 2.30. The van der Waals surface area contributed by atoms with Crippen LogP contribution in [0.1, 0.15) is 31.9 Å². The summed E-state index contributed by atoms with van der Waals surface area (Å²) in [6, 6.07) is 17.8. The second-order valence-corrected chi connectivity index (χ2v) is 7.72. The Kier molecular flexibility index (Phi) is 6.01. The molecule has 140 valence electrons. The van der Waals surface area contributed by atoms with Gasteiger partial charge in [0.25, 0.3) is 0 Å². The van der Waals surface area contributed by atoms with E-state index in [0.29, 0.717) is 0 Å². The standard InChI is InChI=1S/C24H26O3/c1-24(2,3)19-13-15-20(16-14-19)27-23-21(25)17-26-22(23)12-8-7-11-18-9-5-4-6-10-18/h4-6,8-10,12-16,21-23,25H,17H2,1-3H3/b12-8+/t21-,22-,23-/m1/s1. The lowest BCUT2D eigenvalue weighted by Gasteiger charge is -2.22. The number of rotatable bonds is 3. The minimum Gasteiger partial charge on any atom is -0.485 e. The van der Waals surface area contributed by atoms with Crippen molar-refractivity contribution in [1.82, 2.24) is 0 Å². The lowest BCUT2D eigenvalue weighted by molar-refractivity contribution is 0.0610. The average Bonchev–Trinajstić information content (AvgIpc) is 2.99. The first kappa shape index (κ1) is 19.2. The molecule has 0 amide bonds. The quantitative estimate of drug-likeness (QED) is 0.836. The molecule has 1 N–H and O–H groups in total. The van der Waals surface area contributed by atoms with Gasteiger partial charge in [0.1, 0.15) is 18.0 Å². The van der Waals surface area contributed by atoms with E-state index in [1.807, 2.05) is 48.5 Å². The van der Waals surface area contributed by atoms with Gasteiger partial charge in [0.2, 0.25) is 0 Å². The molecule has 0 radical (unpaired) electrons. The molecule has 0 unspecified atom stereocenters. The molecule has 3 atom stereocenters. The van der Waals surface area contributed by atoms with E-state index >= 15 is 0 Å². The van der Waals surface area contributed by atoms with Crippen LogP contribution in [0.25, 0.3) is 0 Å². The van der Waals surface area contributed by atoms with Gasteiger partial charge < -0.3 is 14.6 Å². The van der Waals surface area contributed by atoms with Gasteiger partial charge in [0.05, 0.1) is 6.61 Å².